The van der Waals surface area contributed by atoms with E-state index in [9.17, 15) is 43.2 Å². The molecule has 0 radical (unpaired) electrons. The van der Waals surface area contributed by atoms with Crippen molar-refractivity contribution in [2.24, 2.45) is 11.8 Å². The summed E-state index contributed by atoms with van der Waals surface area (Å²) in [6.07, 6.45) is 42.9. The maximum absolute atomic E-state index is 13.0. The molecule has 3 N–H and O–H groups in total. The van der Waals surface area contributed by atoms with Gasteiger partial charge in [0, 0.05) is 25.7 Å². The first kappa shape index (κ1) is 81.5. The zero-order valence-corrected chi connectivity index (χ0v) is 55.5. The Balaban J connectivity index is 5.23. The molecule has 3 unspecified atom stereocenters. The van der Waals surface area contributed by atoms with Crippen molar-refractivity contribution in [2.75, 3.05) is 39.6 Å². The average molecular weight is 1240 g/mol. The monoisotopic (exact) mass is 1240 g/mol. The van der Waals surface area contributed by atoms with Crippen molar-refractivity contribution >= 4 is 39.5 Å². The Kier molecular flexibility index (Phi) is 55.3. The molecule has 0 aromatic carbocycles. The number of carbonyl (C=O) groups excluding carboxylic acids is 4. The zero-order chi connectivity index (χ0) is 62.2. The third-order valence-corrected chi connectivity index (χ3v) is 16.6. The van der Waals surface area contributed by atoms with E-state index in [1.807, 2.05) is 0 Å². The van der Waals surface area contributed by atoms with Crippen LogP contribution in [0, 0.1) is 11.8 Å². The molecule has 0 saturated carbocycles. The molecule has 0 aliphatic heterocycles. The van der Waals surface area contributed by atoms with E-state index in [2.05, 4.69) is 65.8 Å². The van der Waals surface area contributed by atoms with Crippen LogP contribution in [0.2, 0.25) is 0 Å². The van der Waals surface area contributed by atoms with Crippen LogP contribution in [0.25, 0.3) is 0 Å². The Morgan fingerprint density at radius 2 is 0.702 bits per heavy atom. The van der Waals surface area contributed by atoms with Crippen molar-refractivity contribution < 1.29 is 80.2 Å². The van der Waals surface area contributed by atoms with E-state index in [1.165, 1.54) is 96.3 Å². The molecular formula is C65H122O17P2. The highest BCUT2D eigenvalue weighted by atomic mass is 31.2. The van der Waals surface area contributed by atoms with E-state index < -0.39 is 97.5 Å². The topological polar surface area (TPSA) is 237 Å². The predicted octanol–water partition coefficient (Wildman–Crippen LogP) is 17.6. The van der Waals surface area contributed by atoms with Crippen LogP contribution in [-0.2, 0) is 65.4 Å². The van der Waals surface area contributed by atoms with Gasteiger partial charge in [-0.1, -0.05) is 246 Å². The maximum Gasteiger partial charge on any atom is 0.472 e. The first-order valence-electron chi connectivity index (χ1n) is 33.3. The molecule has 0 fully saturated rings. The van der Waals surface area contributed by atoms with Gasteiger partial charge in [-0.3, -0.25) is 37.3 Å². The summed E-state index contributed by atoms with van der Waals surface area (Å²) < 4.78 is 67.8. The van der Waals surface area contributed by atoms with Gasteiger partial charge in [0.25, 0.3) is 0 Å². The summed E-state index contributed by atoms with van der Waals surface area (Å²) in [6, 6.07) is 0. The molecule has 0 aromatic heterocycles. The first-order valence-corrected chi connectivity index (χ1v) is 36.3. The summed E-state index contributed by atoms with van der Waals surface area (Å²) >= 11 is 0. The number of allylic oxidation sites excluding steroid dienone is 4. The molecule has 0 spiro atoms. The van der Waals surface area contributed by atoms with Crippen molar-refractivity contribution in [3.8, 4) is 0 Å². The van der Waals surface area contributed by atoms with Gasteiger partial charge in [-0.05, 0) is 63.2 Å². The Morgan fingerprint density at radius 3 is 1.07 bits per heavy atom. The van der Waals surface area contributed by atoms with Crippen LogP contribution in [0.15, 0.2) is 24.3 Å². The summed E-state index contributed by atoms with van der Waals surface area (Å²) in [5.74, 6) is -0.689. The summed E-state index contributed by atoms with van der Waals surface area (Å²) in [6.45, 7) is 9.30. The van der Waals surface area contributed by atoms with Gasteiger partial charge in [0.2, 0.25) is 0 Å². The molecule has 0 rings (SSSR count). The lowest BCUT2D eigenvalue weighted by Crippen LogP contribution is -2.30. The van der Waals surface area contributed by atoms with Gasteiger partial charge in [0.1, 0.15) is 19.3 Å². The molecule has 494 valence electrons. The van der Waals surface area contributed by atoms with E-state index in [1.54, 1.807) is 0 Å². The van der Waals surface area contributed by atoms with E-state index in [0.29, 0.717) is 25.7 Å². The minimum Gasteiger partial charge on any atom is -0.462 e. The fourth-order valence-electron chi connectivity index (χ4n) is 9.14. The molecule has 19 heteroatoms. The van der Waals surface area contributed by atoms with Gasteiger partial charge in [-0.2, -0.15) is 0 Å². The number of unbranched alkanes of at least 4 members (excludes halogenated alkanes) is 28. The Hall–Kier alpha value is -2.46. The number of aliphatic hydroxyl groups excluding tert-OH is 1. The molecule has 0 saturated heterocycles. The number of esters is 4. The maximum atomic E-state index is 13.0. The zero-order valence-electron chi connectivity index (χ0n) is 53.7. The largest absolute Gasteiger partial charge is 0.472 e. The van der Waals surface area contributed by atoms with Gasteiger partial charge >= 0.3 is 39.5 Å². The number of ether oxygens (including phenoxy) is 4. The van der Waals surface area contributed by atoms with Crippen molar-refractivity contribution in [2.45, 2.75) is 317 Å². The summed E-state index contributed by atoms with van der Waals surface area (Å²) in [5, 5.41) is 10.5. The third kappa shape index (κ3) is 57.3. The fourth-order valence-corrected chi connectivity index (χ4v) is 10.7. The van der Waals surface area contributed by atoms with Gasteiger partial charge < -0.3 is 33.8 Å². The van der Waals surface area contributed by atoms with E-state index in [-0.39, 0.29) is 25.7 Å². The second-order valence-electron chi connectivity index (χ2n) is 23.5. The van der Waals surface area contributed by atoms with Gasteiger partial charge in [-0.25, -0.2) is 9.13 Å². The Bertz CT molecular complexity index is 1740. The molecule has 84 heavy (non-hydrogen) atoms. The van der Waals surface area contributed by atoms with Crippen molar-refractivity contribution in [1.82, 2.24) is 0 Å². The van der Waals surface area contributed by atoms with Crippen molar-refractivity contribution in [3.63, 3.8) is 0 Å². The number of hydrogen-bond acceptors (Lipinski definition) is 15. The lowest BCUT2D eigenvalue weighted by atomic mass is 10.00. The Labute approximate surface area is 510 Å². The van der Waals surface area contributed by atoms with E-state index in [0.717, 1.165) is 121 Å². The first-order chi connectivity index (χ1) is 40.4. The van der Waals surface area contributed by atoms with Crippen LogP contribution in [0.3, 0.4) is 0 Å². The van der Waals surface area contributed by atoms with Gasteiger partial charge in [-0.15, -0.1) is 0 Å². The van der Waals surface area contributed by atoms with Gasteiger partial charge in [0.15, 0.2) is 12.2 Å². The van der Waals surface area contributed by atoms with Crippen LogP contribution < -0.4 is 0 Å². The summed E-state index contributed by atoms with van der Waals surface area (Å²) in [5.41, 5.74) is 0. The lowest BCUT2D eigenvalue weighted by molar-refractivity contribution is -0.161. The van der Waals surface area contributed by atoms with Crippen LogP contribution in [0.1, 0.15) is 298 Å². The van der Waals surface area contributed by atoms with Crippen molar-refractivity contribution in [1.29, 1.82) is 0 Å². The lowest BCUT2D eigenvalue weighted by Gasteiger charge is -2.21. The van der Waals surface area contributed by atoms with Crippen LogP contribution >= 0.6 is 15.6 Å². The number of rotatable bonds is 62. The van der Waals surface area contributed by atoms with Crippen LogP contribution in [0.5, 0.6) is 0 Å². The number of phosphoric acid groups is 2. The molecule has 0 bridgehead atoms. The molecule has 0 aliphatic carbocycles. The highest BCUT2D eigenvalue weighted by Gasteiger charge is 2.30. The molecule has 0 amide bonds. The minimum atomic E-state index is -4.95. The second kappa shape index (κ2) is 57.0. The minimum absolute atomic E-state index is 0.0844. The number of aliphatic hydroxyl groups is 1. The molecule has 0 aliphatic rings. The van der Waals surface area contributed by atoms with E-state index >= 15 is 0 Å². The van der Waals surface area contributed by atoms with Crippen molar-refractivity contribution in [3.05, 3.63) is 24.3 Å². The molecule has 0 heterocycles. The predicted molar refractivity (Wildman–Crippen MR) is 335 cm³/mol. The highest BCUT2D eigenvalue weighted by molar-refractivity contribution is 7.47. The Morgan fingerprint density at radius 1 is 0.393 bits per heavy atom. The average Bonchev–Trinajstić information content (AvgIpc) is 3.48. The summed E-state index contributed by atoms with van der Waals surface area (Å²) in [7, 11) is -9.89. The van der Waals surface area contributed by atoms with E-state index in [4.69, 9.17) is 37.0 Å². The molecule has 6 atom stereocenters. The number of phosphoric ester groups is 2. The standard InChI is InChI=1S/C65H122O17P2/c1-7-10-12-14-15-16-17-18-19-20-23-27-30-37-43-49-64(69)81-61(54-76-63(68)48-42-36-29-26-24-21-22-25-28-34-39-45-57(4)5)56-80-84(73,74)78-52-59(66)51-77-83(71,72)79-55-60(53-75-62(67)47-41-33-13-11-8-2)82-65(70)50-44-38-32-31-35-40-46-58(6)9-3/h16-19,57-61,66H,7-15,20-56H2,1-6H3,(H,71,72)(H,73,74)/b17-16-,19-18-/t58?,59-,60+,61+/m0/s1. The molecular weight excluding hydrogens is 1110 g/mol. The number of hydrogen-bond donors (Lipinski definition) is 3. The summed E-state index contributed by atoms with van der Waals surface area (Å²) in [4.78, 5) is 72.0. The smallest absolute Gasteiger partial charge is 0.462 e. The SMILES string of the molecule is CCCCCC/C=C\C=C/CCCCCCCC(=O)O[C@H](COC(=O)CCCCCCCCCCCCCC(C)C)COP(=O)(O)OC[C@@H](O)COP(=O)(O)OC[C@@H](COC(=O)CCCCCCC)OC(=O)CCCCCCCCC(C)CC. The molecule has 17 nitrogen and oxygen atoms in total. The van der Waals surface area contributed by atoms with Gasteiger partial charge in [0.05, 0.1) is 26.4 Å². The highest BCUT2D eigenvalue weighted by Crippen LogP contribution is 2.45. The second-order valence-corrected chi connectivity index (χ2v) is 26.4. The third-order valence-electron chi connectivity index (χ3n) is 14.7. The normalized spacial score (nSPS) is 14.8. The van der Waals surface area contributed by atoms with Crippen LogP contribution in [0.4, 0.5) is 0 Å². The fraction of sp³-hybridized carbons (Fsp3) is 0.877. The molecule has 0 aromatic rings. The van der Waals surface area contributed by atoms with Crippen LogP contribution in [-0.4, -0.2) is 96.7 Å². The quantitative estimate of drug-likeness (QED) is 0.0169. The number of carbonyl (C=O) groups is 4.